The number of hydrogen-bond donors (Lipinski definition) is 0. The average Bonchev–Trinajstić information content (AvgIpc) is 3.05. The maximum atomic E-state index is 12.6. The minimum Gasteiger partial charge on any atom is -0.387 e. The van der Waals surface area contributed by atoms with Gasteiger partial charge >= 0.3 is 0 Å². The molecule has 1 aromatic carbocycles. The highest BCUT2D eigenvalue weighted by atomic mass is 16.6. The molecule has 0 aliphatic carbocycles. The molecule has 1 saturated heterocycles. The zero-order valence-electron chi connectivity index (χ0n) is 13.2. The molecule has 118 valence electrons. The van der Waals surface area contributed by atoms with Gasteiger partial charge in [0.25, 0.3) is 5.91 Å². The number of carbonyl (C=O) groups is 1. The van der Waals surface area contributed by atoms with Crippen LogP contribution in [0.3, 0.4) is 0 Å². The summed E-state index contributed by atoms with van der Waals surface area (Å²) < 4.78 is 0. The van der Waals surface area contributed by atoms with Gasteiger partial charge in [-0.25, -0.2) is 0 Å². The van der Waals surface area contributed by atoms with E-state index in [9.17, 15) is 4.79 Å². The maximum absolute atomic E-state index is 12.6. The second kappa shape index (κ2) is 6.48. The number of carbonyl (C=O) groups excluding carboxylic acids is 1. The first-order valence-electron chi connectivity index (χ1n) is 7.88. The predicted octanol–water partition coefficient (Wildman–Crippen LogP) is 2.06. The van der Waals surface area contributed by atoms with Gasteiger partial charge in [-0.05, 0) is 38.5 Å². The van der Waals surface area contributed by atoms with Crippen LogP contribution in [0.5, 0.6) is 0 Å². The minimum atomic E-state index is -0.133. The van der Waals surface area contributed by atoms with Crippen LogP contribution in [0.4, 0.5) is 0 Å². The Hall–Kier alpha value is -1.88. The fourth-order valence-electron chi connectivity index (χ4n) is 3.10. The molecule has 1 atom stereocenters. The molecule has 2 aliphatic heterocycles. The number of likely N-dealkylation sites (tertiary alicyclic amines) is 1. The third-order valence-electron chi connectivity index (χ3n) is 4.64. The van der Waals surface area contributed by atoms with Crippen LogP contribution >= 0.6 is 0 Å². The number of hydrogen-bond acceptors (Lipinski definition) is 4. The topological polar surface area (TPSA) is 45.1 Å². The monoisotopic (exact) mass is 301 g/mol. The summed E-state index contributed by atoms with van der Waals surface area (Å²) in [6.07, 6.45) is 2.47. The van der Waals surface area contributed by atoms with Crippen LogP contribution in [0.25, 0.3) is 0 Å². The molecule has 0 bridgehead atoms. The Morgan fingerprint density at radius 2 is 1.95 bits per heavy atom. The summed E-state index contributed by atoms with van der Waals surface area (Å²) in [6.45, 7) is 2.08. The number of piperidine rings is 1. The number of oxime groups is 1. The fourth-order valence-corrected chi connectivity index (χ4v) is 3.10. The first-order chi connectivity index (χ1) is 10.6. The highest BCUT2D eigenvalue weighted by molar-refractivity contribution is 6.39. The molecule has 22 heavy (non-hydrogen) atoms. The number of nitrogens with zero attached hydrogens (tertiary/aromatic N) is 3. The average molecular weight is 301 g/mol. The molecule has 0 radical (unpaired) electrons. The lowest BCUT2D eigenvalue weighted by Gasteiger charge is -2.34. The van der Waals surface area contributed by atoms with Gasteiger partial charge in [-0.15, -0.1) is 0 Å². The van der Waals surface area contributed by atoms with Crippen molar-refractivity contribution < 1.29 is 9.63 Å². The molecule has 2 heterocycles. The number of rotatable bonds is 3. The first kappa shape index (κ1) is 15.0. The van der Waals surface area contributed by atoms with Gasteiger partial charge in [0.15, 0.2) is 6.10 Å². The van der Waals surface area contributed by atoms with Gasteiger partial charge in [0, 0.05) is 19.5 Å². The summed E-state index contributed by atoms with van der Waals surface area (Å²) in [6, 6.07) is 10.2. The Morgan fingerprint density at radius 1 is 1.27 bits per heavy atom. The third kappa shape index (κ3) is 3.14. The van der Waals surface area contributed by atoms with Crippen molar-refractivity contribution in [1.82, 2.24) is 9.80 Å². The highest BCUT2D eigenvalue weighted by Gasteiger charge is 2.32. The molecule has 0 spiro atoms. The van der Waals surface area contributed by atoms with Crippen LogP contribution in [0.2, 0.25) is 0 Å². The highest BCUT2D eigenvalue weighted by Crippen LogP contribution is 2.28. The molecule has 0 saturated carbocycles. The lowest BCUT2D eigenvalue weighted by atomic mass is 10.0. The Morgan fingerprint density at radius 3 is 2.64 bits per heavy atom. The molecule has 1 aromatic rings. The van der Waals surface area contributed by atoms with Crippen molar-refractivity contribution >= 4 is 11.6 Å². The fraction of sp³-hybridized carbons (Fsp3) is 0.529. The quantitative estimate of drug-likeness (QED) is 0.858. The van der Waals surface area contributed by atoms with Gasteiger partial charge in [0.1, 0.15) is 5.71 Å². The SMILES string of the molecule is CN1CCC(N(C)C(=O)C2=NO[C@H](c3ccccc3)C2)CC1. The largest absolute Gasteiger partial charge is 0.387 e. The van der Waals surface area contributed by atoms with Crippen LogP contribution in [-0.4, -0.2) is 54.6 Å². The summed E-state index contributed by atoms with van der Waals surface area (Å²) in [5, 5.41) is 4.04. The predicted molar refractivity (Wildman–Crippen MR) is 85.6 cm³/mol. The van der Waals surface area contributed by atoms with E-state index in [-0.39, 0.29) is 12.0 Å². The molecule has 0 aromatic heterocycles. The van der Waals surface area contributed by atoms with E-state index in [2.05, 4.69) is 17.1 Å². The van der Waals surface area contributed by atoms with E-state index in [0.717, 1.165) is 31.5 Å². The molecule has 1 fully saturated rings. The lowest BCUT2D eigenvalue weighted by molar-refractivity contribution is -0.125. The van der Waals surface area contributed by atoms with Gasteiger partial charge in [0.2, 0.25) is 0 Å². The zero-order chi connectivity index (χ0) is 15.5. The molecule has 1 amide bonds. The van der Waals surface area contributed by atoms with Gasteiger partial charge in [-0.1, -0.05) is 35.5 Å². The van der Waals surface area contributed by atoms with Crippen molar-refractivity contribution in [1.29, 1.82) is 0 Å². The summed E-state index contributed by atoms with van der Waals surface area (Å²) in [5.41, 5.74) is 1.60. The molecule has 0 unspecified atom stereocenters. The van der Waals surface area contributed by atoms with E-state index in [0.29, 0.717) is 18.2 Å². The Bertz CT molecular complexity index is 550. The van der Waals surface area contributed by atoms with Gasteiger partial charge in [-0.2, -0.15) is 0 Å². The summed E-state index contributed by atoms with van der Waals surface area (Å²) in [5.74, 6) is 0.00739. The van der Waals surface area contributed by atoms with Crippen molar-refractivity contribution in [3.8, 4) is 0 Å². The standard InChI is InChI=1S/C17H23N3O2/c1-19-10-8-14(9-11-19)20(2)17(21)15-12-16(22-18-15)13-6-4-3-5-7-13/h3-7,14,16H,8-12H2,1-2H3/t16-/m0/s1. The summed E-state index contributed by atoms with van der Waals surface area (Å²) in [4.78, 5) is 22.2. The van der Waals surface area contributed by atoms with Crippen molar-refractivity contribution in [3.63, 3.8) is 0 Å². The second-order valence-corrected chi connectivity index (χ2v) is 6.20. The Balaban J connectivity index is 1.59. The van der Waals surface area contributed by atoms with Crippen molar-refractivity contribution in [3.05, 3.63) is 35.9 Å². The van der Waals surface area contributed by atoms with E-state index >= 15 is 0 Å². The smallest absolute Gasteiger partial charge is 0.271 e. The van der Waals surface area contributed by atoms with E-state index in [1.807, 2.05) is 42.3 Å². The zero-order valence-corrected chi connectivity index (χ0v) is 13.2. The molecular weight excluding hydrogens is 278 g/mol. The molecular formula is C17H23N3O2. The van der Waals surface area contributed by atoms with Gasteiger partial charge in [0.05, 0.1) is 0 Å². The molecule has 0 N–H and O–H groups in total. The van der Waals surface area contributed by atoms with Crippen LogP contribution in [0.1, 0.15) is 30.9 Å². The number of amides is 1. The first-order valence-corrected chi connectivity index (χ1v) is 7.88. The van der Waals surface area contributed by atoms with Crippen LogP contribution in [0, 0.1) is 0 Å². The number of benzene rings is 1. The van der Waals surface area contributed by atoms with Gasteiger partial charge in [-0.3, -0.25) is 4.79 Å². The van der Waals surface area contributed by atoms with Gasteiger partial charge < -0.3 is 14.6 Å². The summed E-state index contributed by atoms with van der Waals surface area (Å²) in [7, 11) is 4.01. The molecule has 2 aliphatic rings. The van der Waals surface area contributed by atoms with Crippen LogP contribution < -0.4 is 0 Å². The summed E-state index contributed by atoms with van der Waals surface area (Å²) >= 11 is 0. The van der Waals surface area contributed by atoms with Crippen molar-refractivity contribution in [2.45, 2.75) is 31.4 Å². The van der Waals surface area contributed by atoms with Crippen LogP contribution in [0.15, 0.2) is 35.5 Å². The maximum Gasteiger partial charge on any atom is 0.271 e. The third-order valence-corrected chi connectivity index (χ3v) is 4.64. The Kier molecular flexibility index (Phi) is 4.43. The van der Waals surface area contributed by atoms with Crippen molar-refractivity contribution in [2.24, 2.45) is 5.16 Å². The van der Waals surface area contributed by atoms with Crippen LogP contribution in [-0.2, 0) is 9.63 Å². The molecule has 5 heteroatoms. The molecule has 3 rings (SSSR count). The van der Waals surface area contributed by atoms with E-state index in [1.165, 1.54) is 0 Å². The minimum absolute atomic E-state index is 0.00739. The van der Waals surface area contributed by atoms with E-state index in [1.54, 1.807) is 0 Å². The lowest BCUT2D eigenvalue weighted by Crippen LogP contribution is -2.46. The molecule has 5 nitrogen and oxygen atoms in total. The van der Waals surface area contributed by atoms with Crippen molar-refractivity contribution in [2.75, 3.05) is 27.2 Å². The van der Waals surface area contributed by atoms with E-state index < -0.39 is 0 Å². The second-order valence-electron chi connectivity index (χ2n) is 6.20. The van der Waals surface area contributed by atoms with E-state index in [4.69, 9.17) is 4.84 Å². The Labute approximate surface area is 131 Å². The normalized spacial score (nSPS) is 23.0.